The van der Waals surface area contributed by atoms with E-state index in [0.717, 1.165) is 37.5 Å². The number of nitrogens with zero attached hydrogens (tertiary/aromatic N) is 3. The second kappa shape index (κ2) is 6.67. The number of hydrogen-bond acceptors (Lipinski definition) is 3. The summed E-state index contributed by atoms with van der Waals surface area (Å²) in [7, 11) is 4.20. The smallest absolute Gasteiger partial charge is 0.0558 e. The van der Waals surface area contributed by atoms with Crippen LogP contribution < -0.4 is 4.90 Å². The third kappa shape index (κ3) is 3.60. The number of hydrogen-bond donors (Lipinski definition) is 0. The molecule has 0 amide bonds. The summed E-state index contributed by atoms with van der Waals surface area (Å²) in [4.78, 5) is 9.03. The van der Waals surface area contributed by atoms with Crippen molar-refractivity contribution in [1.29, 1.82) is 0 Å². The normalized spacial score (nSPS) is 14.3. The minimum atomic E-state index is 0.833. The Balaban J connectivity index is 1.75. The Bertz CT molecular complexity index is 655. The number of benzene rings is 1. The van der Waals surface area contributed by atoms with Crippen LogP contribution in [0, 0.1) is 0 Å². The average Bonchev–Trinajstić information content (AvgIpc) is 2.52. The fourth-order valence-electron chi connectivity index (χ4n) is 2.88. The van der Waals surface area contributed by atoms with Gasteiger partial charge < -0.3 is 9.80 Å². The highest BCUT2D eigenvalue weighted by Gasteiger charge is 2.17. The molecule has 0 spiro atoms. The summed E-state index contributed by atoms with van der Waals surface area (Å²) in [5.74, 6) is 0. The number of aromatic nitrogens is 1. The Morgan fingerprint density at radius 2 is 2.05 bits per heavy atom. The first kappa shape index (κ1) is 15.3. The van der Waals surface area contributed by atoms with Crippen LogP contribution in [0.1, 0.15) is 16.7 Å². The highest BCUT2D eigenvalue weighted by molar-refractivity contribution is 6.30. The van der Waals surface area contributed by atoms with Crippen molar-refractivity contribution in [2.45, 2.75) is 19.4 Å². The Kier molecular flexibility index (Phi) is 4.65. The molecule has 0 saturated heterocycles. The highest BCUT2D eigenvalue weighted by Crippen LogP contribution is 2.26. The van der Waals surface area contributed by atoms with Crippen LogP contribution in [0.4, 0.5) is 5.69 Å². The van der Waals surface area contributed by atoms with Crippen LogP contribution in [-0.2, 0) is 19.4 Å². The lowest BCUT2D eigenvalue weighted by atomic mass is 9.99. The van der Waals surface area contributed by atoms with Crippen LogP contribution in [0.15, 0.2) is 36.7 Å². The molecule has 0 radical (unpaired) electrons. The number of pyridine rings is 1. The second-order valence-electron chi connectivity index (χ2n) is 6.19. The summed E-state index contributed by atoms with van der Waals surface area (Å²) >= 11 is 6.08. The summed E-state index contributed by atoms with van der Waals surface area (Å²) in [6.45, 7) is 3.00. The molecular formula is C18H22ClN3. The fourth-order valence-corrected chi connectivity index (χ4v) is 3.07. The first-order valence-corrected chi connectivity index (χ1v) is 8.10. The van der Waals surface area contributed by atoms with Crippen molar-refractivity contribution >= 4 is 17.3 Å². The van der Waals surface area contributed by atoms with Gasteiger partial charge in [0.05, 0.1) is 11.9 Å². The molecule has 4 heteroatoms. The molecule has 116 valence electrons. The van der Waals surface area contributed by atoms with Crippen LogP contribution in [0.3, 0.4) is 0 Å². The van der Waals surface area contributed by atoms with Gasteiger partial charge in [-0.2, -0.15) is 0 Å². The van der Waals surface area contributed by atoms with E-state index in [9.17, 15) is 0 Å². The zero-order valence-electron chi connectivity index (χ0n) is 13.2. The van der Waals surface area contributed by atoms with Gasteiger partial charge in [0.15, 0.2) is 0 Å². The minimum Gasteiger partial charge on any atom is -0.366 e. The second-order valence-corrected chi connectivity index (χ2v) is 6.63. The van der Waals surface area contributed by atoms with Gasteiger partial charge in [-0.25, -0.2) is 0 Å². The molecule has 0 fully saturated rings. The molecule has 22 heavy (non-hydrogen) atoms. The van der Waals surface area contributed by atoms with Crippen LogP contribution >= 0.6 is 11.6 Å². The van der Waals surface area contributed by atoms with E-state index < -0.39 is 0 Å². The lowest BCUT2D eigenvalue weighted by Crippen LogP contribution is -2.30. The van der Waals surface area contributed by atoms with Crippen molar-refractivity contribution in [2.24, 2.45) is 0 Å². The van der Waals surface area contributed by atoms with E-state index in [2.05, 4.69) is 47.1 Å². The molecule has 3 rings (SSSR count). The standard InChI is InChI=1S/C18H22ClN3/c1-21(2)7-5-14-9-18(12-20-11-14)22-8-6-15-10-17(19)4-3-16(15)13-22/h3-4,9-12H,5-8,13H2,1-2H3. The van der Waals surface area contributed by atoms with Crippen molar-refractivity contribution < 1.29 is 0 Å². The molecule has 0 N–H and O–H groups in total. The number of anilines is 1. The van der Waals surface area contributed by atoms with Crippen LogP contribution in [0.5, 0.6) is 0 Å². The molecule has 0 atom stereocenters. The number of fused-ring (bicyclic) bond motifs is 1. The molecule has 0 aliphatic carbocycles. The molecular weight excluding hydrogens is 294 g/mol. The van der Waals surface area contributed by atoms with Crippen LogP contribution in [-0.4, -0.2) is 37.1 Å². The Hall–Kier alpha value is -1.58. The van der Waals surface area contributed by atoms with E-state index in [1.54, 1.807) is 0 Å². The lowest BCUT2D eigenvalue weighted by Gasteiger charge is -2.31. The van der Waals surface area contributed by atoms with Crippen molar-refractivity contribution in [3.63, 3.8) is 0 Å². The molecule has 1 aliphatic heterocycles. The number of halogens is 1. The molecule has 1 aliphatic rings. The predicted octanol–water partition coefficient (Wildman–Crippen LogP) is 3.40. The van der Waals surface area contributed by atoms with E-state index >= 15 is 0 Å². The van der Waals surface area contributed by atoms with Gasteiger partial charge in [-0.15, -0.1) is 0 Å². The zero-order chi connectivity index (χ0) is 15.5. The molecule has 3 nitrogen and oxygen atoms in total. The molecule has 1 aromatic carbocycles. The molecule has 0 bridgehead atoms. The van der Waals surface area contributed by atoms with Crippen molar-refractivity contribution in [2.75, 3.05) is 32.1 Å². The highest BCUT2D eigenvalue weighted by atomic mass is 35.5. The number of rotatable bonds is 4. The third-order valence-electron chi connectivity index (χ3n) is 4.17. The van der Waals surface area contributed by atoms with Crippen molar-refractivity contribution in [3.8, 4) is 0 Å². The van der Waals surface area contributed by atoms with Gasteiger partial charge in [0.2, 0.25) is 0 Å². The quantitative estimate of drug-likeness (QED) is 0.862. The predicted molar refractivity (Wildman–Crippen MR) is 92.7 cm³/mol. The fraction of sp³-hybridized carbons (Fsp3) is 0.389. The van der Waals surface area contributed by atoms with Gasteiger partial charge in [0.25, 0.3) is 0 Å². The summed E-state index contributed by atoms with van der Waals surface area (Å²) in [6.07, 6.45) is 6.02. The molecule has 1 aromatic heterocycles. The Morgan fingerprint density at radius 1 is 1.18 bits per heavy atom. The van der Waals surface area contributed by atoms with Crippen molar-refractivity contribution in [1.82, 2.24) is 9.88 Å². The zero-order valence-corrected chi connectivity index (χ0v) is 14.0. The molecule has 0 saturated carbocycles. The monoisotopic (exact) mass is 315 g/mol. The van der Waals surface area contributed by atoms with E-state index in [0.29, 0.717) is 0 Å². The van der Waals surface area contributed by atoms with E-state index in [1.165, 1.54) is 22.4 Å². The van der Waals surface area contributed by atoms with Gasteiger partial charge in [-0.1, -0.05) is 17.7 Å². The largest absolute Gasteiger partial charge is 0.366 e. The van der Waals surface area contributed by atoms with Gasteiger partial charge in [-0.3, -0.25) is 4.98 Å². The molecule has 0 unspecified atom stereocenters. The van der Waals surface area contributed by atoms with Crippen LogP contribution in [0.25, 0.3) is 0 Å². The van der Waals surface area contributed by atoms with Gasteiger partial charge >= 0.3 is 0 Å². The molecule has 2 heterocycles. The maximum atomic E-state index is 6.08. The maximum absolute atomic E-state index is 6.08. The summed E-state index contributed by atoms with van der Waals surface area (Å²) < 4.78 is 0. The number of likely N-dealkylation sites (N-methyl/N-ethyl adjacent to an activating group) is 1. The topological polar surface area (TPSA) is 19.4 Å². The molecule has 2 aromatic rings. The van der Waals surface area contributed by atoms with E-state index in [4.69, 9.17) is 11.6 Å². The maximum Gasteiger partial charge on any atom is 0.0558 e. The SMILES string of the molecule is CN(C)CCc1cncc(N2CCc3cc(Cl)ccc3C2)c1. The third-order valence-corrected chi connectivity index (χ3v) is 4.41. The lowest BCUT2D eigenvalue weighted by molar-refractivity contribution is 0.413. The van der Waals surface area contributed by atoms with Gasteiger partial charge in [0.1, 0.15) is 0 Å². The first-order chi connectivity index (χ1) is 10.6. The Labute approximate surface area is 137 Å². The van der Waals surface area contributed by atoms with Gasteiger partial charge in [-0.05, 0) is 61.8 Å². The minimum absolute atomic E-state index is 0.833. The summed E-state index contributed by atoms with van der Waals surface area (Å²) in [5, 5.41) is 0.833. The summed E-state index contributed by atoms with van der Waals surface area (Å²) in [5.41, 5.74) is 5.26. The van der Waals surface area contributed by atoms with Gasteiger partial charge in [0, 0.05) is 30.9 Å². The Morgan fingerprint density at radius 3 is 2.86 bits per heavy atom. The van der Waals surface area contributed by atoms with E-state index in [-0.39, 0.29) is 0 Å². The van der Waals surface area contributed by atoms with Crippen LogP contribution in [0.2, 0.25) is 5.02 Å². The first-order valence-electron chi connectivity index (χ1n) is 7.73. The van der Waals surface area contributed by atoms with E-state index in [1.807, 2.05) is 18.5 Å². The van der Waals surface area contributed by atoms with Crippen molar-refractivity contribution in [3.05, 3.63) is 58.4 Å². The summed E-state index contributed by atoms with van der Waals surface area (Å²) in [6, 6.07) is 8.50. The average molecular weight is 316 g/mol.